The van der Waals surface area contributed by atoms with Gasteiger partial charge >= 0.3 is 5.97 Å². The van der Waals surface area contributed by atoms with Crippen LogP contribution in [-0.4, -0.2) is 36.4 Å². The Morgan fingerprint density at radius 2 is 2.00 bits per heavy atom. The number of carbonyl (C=O) groups is 1. The largest absolute Gasteiger partial charge is 0.478 e. The highest BCUT2D eigenvalue weighted by molar-refractivity contribution is 5.94. The topological polar surface area (TPSA) is 49.8 Å². The average Bonchev–Trinajstić information content (AvgIpc) is 2.68. The molecule has 2 aliphatic heterocycles. The number of nitrogens with zero attached hydrogens (tertiary/aromatic N) is 1. The van der Waals surface area contributed by atoms with Crippen LogP contribution < -0.4 is 4.90 Å². The summed E-state index contributed by atoms with van der Waals surface area (Å²) < 4.78 is 5.78. The van der Waals surface area contributed by atoms with Crippen LogP contribution in [0.1, 0.15) is 28.8 Å². The summed E-state index contributed by atoms with van der Waals surface area (Å²) in [6.45, 7) is 3.53. The molecule has 1 N–H and O–H groups in total. The van der Waals surface area contributed by atoms with Gasteiger partial charge in [-0.3, -0.25) is 0 Å². The van der Waals surface area contributed by atoms with Crippen LogP contribution >= 0.6 is 0 Å². The van der Waals surface area contributed by atoms with Crippen LogP contribution in [0.2, 0.25) is 0 Å². The Morgan fingerprint density at radius 1 is 1.33 bits per heavy atom. The zero-order valence-corrected chi connectivity index (χ0v) is 10.4. The fourth-order valence-corrected chi connectivity index (χ4v) is 2.91. The molecule has 18 heavy (non-hydrogen) atoms. The van der Waals surface area contributed by atoms with Crippen LogP contribution in [0.4, 0.5) is 5.69 Å². The average molecular weight is 247 g/mol. The fraction of sp³-hybridized carbons (Fsp3) is 0.500. The molecule has 2 saturated heterocycles. The Kier molecular flexibility index (Phi) is 2.74. The summed E-state index contributed by atoms with van der Waals surface area (Å²) in [5, 5.41) is 9.31. The number of aryl methyl sites for hydroxylation is 1. The van der Waals surface area contributed by atoms with Crippen molar-refractivity contribution in [3.63, 3.8) is 0 Å². The van der Waals surface area contributed by atoms with Crippen LogP contribution in [0.3, 0.4) is 0 Å². The lowest BCUT2D eigenvalue weighted by molar-refractivity contribution is 0.0303. The molecule has 0 aliphatic carbocycles. The molecule has 2 heterocycles. The van der Waals surface area contributed by atoms with Gasteiger partial charge in [0.15, 0.2) is 0 Å². The van der Waals surface area contributed by atoms with E-state index in [1.807, 2.05) is 19.1 Å². The number of hydrogen-bond donors (Lipinski definition) is 1. The second-order valence-corrected chi connectivity index (χ2v) is 5.19. The van der Waals surface area contributed by atoms with E-state index in [0.29, 0.717) is 5.56 Å². The summed E-state index contributed by atoms with van der Waals surface area (Å²) in [5.41, 5.74) is 2.21. The second-order valence-electron chi connectivity index (χ2n) is 5.19. The van der Waals surface area contributed by atoms with Crippen molar-refractivity contribution in [1.29, 1.82) is 0 Å². The Hall–Kier alpha value is -1.55. The van der Waals surface area contributed by atoms with Gasteiger partial charge in [0, 0.05) is 13.1 Å². The van der Waals surface area contributed by atoms with Gasteiger partial charge in [0.25, 0.3) is 0 Å². The minimum atomic E-state index is -0.854. The number of benzene rings is 1. The molecule has 1 aromatic carbocycles. The maximum Gasteiger partial charge on any atom is 0.337 e. The highest BCUT2D eigenvalue weighted by atomic mass is 16.5. The van der Waals surface area contributed by atoms with E-state index in [9.17, 15) is 9.90 Å². The molecule has 0 spiro atoms. The molecular formula is C14H17NO3. The summed E-state index contributed by atoms with van der Waals surface area (Å²) in [4.78, 5) is 13.5. The number of rotatable bonds is 2. The summed E-state index contributed by atoms with van der Waals surface area (Å²) in [5.74, 6) is -0.854. The normalized spacial score (nSPS) is 26.4. The summed E-state index contributed by atoms with van der Waals surface area (Å²) in [6, 6.07) is 5.64. The maximum atomic E-state index is 11.3. The van der Waals surface area contributed by atoms with Gasteiger partial charge in [-0.25, -0.2) is 4.79 Å². The number of morpholine rings is 1. The summed E-state index contributed by atoms with van der Waals surface area (Å²) >= 11 is 0. The molecule has 2 unspecified atom stereocenters. The molecule has 4 heteroatoms. The Balaban J connectivity index is 1.94. The quantitative estimate of drug-likeness (QED) is 0.869. The third-order valence-electron chi connectivity index (χ3n) is 3.77. The van der Waals surface area contributed by atoms with E-state index in [1.165, 1.54) is 0 Å². The first-order valence-corrected chi connectivity index (χ1v) is 6.38. The van der Waals surface area contributed by atoms with Gasteiger partial charge in [-0.2, -0.15) is 0 Å². The molecule has 3 rings (SSSR count). The molecule has 0 radical (unpaired) electrons. The van der Waals surface area contributed by atoms with Crippen molar-refractivity contribution in [3.05, 3.63) is 29.3 Å². The monoisotopic (exact) mass is 247 g/mol. The number of ether oxygens (including phenoxy) is 1. The summed E-state index contributed by atoms with van der Waals surface area (Å²) in [6.07, 6.45) is 2.73. The van der Waals surface area contributed by atoms with E-state index in [2.05, 4.69) is 4.90 Å². The third-order valence-corrected chi connectivity index (χ3v) is 3.77. The lowest BCUT2D eigenvalue weighted by atomic mass is 10.1. The second kappa shape index (κ2) is 4.28. The maximum absolute atomic E-state index is 11.3. The third kappa shape index (κ3) is 1.97. The smallest absolute Gasteiger partial charge is 0.337 e. The molecule has 0 amide bonds. The first-order chi connectivity index (χ1) is 8.63. The fourth-order valence-electron chi connectivity index (χ4n) is 2.91. The molecule has 1 aromatic rings. The lowest BCUT2D eigenvalue weighted by Crippen LogP contribution is -2.43. The Morgan fingerprint density at radius 3 is 2.61 bits per heavy atom. The number of hydrogen-bond acceptors (Lipinski definition) is 3. The van der Waals surface area contributed by atoms with Crippen LogP contribution in [0, 0.1) is 6.92 Å². The molecular weight excluding hydrogens is 230 g/mol. The highest BCUT2D eigenvalue weighted by Gasteiger charge is 2.34. The van der Waals surface area contributed by atoms with Gasteiger partial charge < -0.3 is 14.7 Å². The molecule has 2 aliphatic rings. The van der Waals surface area contributed by atoms with Gasteiger partial charge in [-0.15, -0.1) is 0 Å². The van der Waals surface area contributed by atoms with Crippen molar-refractivity contribution in [2.24, 2.45) is 0 Å². The van der Waals surface area contributed by atoms with Crippen LogP contribution in [0.5, 0.6) is 0 Å². The van der Waals surface area contributed by atoms with Crippen molar-refractivity contribution in [3.8, 4) is 0 Å². The van der Waals surface area contributed by atoms with Crippen LogP contribution in [-0.2, 0) is 4.74 Å². The van der Waals surface area contributed by atoms with Crippen LogP contribution in [0.15, 0.2) is 18.2 Å². The van der Waals surface area contributed by atoms with Crippen molar-refractivity contribution in [2.45, 2.75) is 32.0 Å². The first kappa shape index (κ1) is 11.5. The predicted octanol–water partition coefficient (Wildman–Crippen LogP) is 2.06. The van der Waals surface area contributed by atoms with Gasteiger partial charge in [-0.05, 0) is 31.9 Å². The molecule has 2 fully saturated rings. The number of anilines is 1. The molecule has 96 valence electrons. The zero-order chi connectivity index (χ0) is 12.7. The van der Waals surface area contributed by atoms with E-state index in [4.69, 9.17) is 4.74 Å². The number of fused-ring (bicyclic) bond motifs is 2. The van der Waals surface area contributed by atoms with Gasteiger partial charge in [0.2, 0.25) is 0 Å². The van der Waals surface area contributed by atoms with Crippen molar-refractivity contribution in [2.75, 3.05) is 18.0 Å². The van der Waals surface area contributed by atoms with Crippen molar-refractivity contribution >= 4 is 11.7 Å². The molecule has 0 saturated carbocycles. The number of carboxylic acid groups (broad SMARTS) is 1. The van der Waals surface area contributed by atoms with E-state index in [0.717, 1.165) is 37.2 Å². The molecule has 0 aromatic heterocycles. The minimum absolute atomic E-state index is 0.270. The number of aromatic carboxylic acids is 1. The Labute approximate surface area is 106 Å². The first-order valence-electron chi connectivity index (χ1n) is 6.38. The molecule has 2 atom stereocenters. The minimum Gasteiger partial charge on any atom is -0.478 e. The van der Waals surface area contributed by atoms with E-state index < -0.39 is 5.97 Å². The predicted molar refractivity (Wildman–Crippen MR) is 68.2 cm³/mol. The van der Waals surface area contributed by atoms with Crippen molar-refractivity contribution < 1.29 is 14.6 Å². The van der Waals surface area contributed by atoms with Crippen molar-refractivity contribution in [1.82, 2.24) is 0 Å². The van der Waals surface area contributed by atoms with Gasteiger partial charge in [-0.1, -0.05) is 11.6 Å². The lowest BCUT2D eigenvalue weighted by Gasteiger charge is -2.34. The van der Waals surface area contributed by atoms with Gasteiger partial charge in [0.05, 0.1) is 23.5 Å². The van der Waals surface area contributed by atoms with E-state index in [-0.39, 0.29) is 12.2 Å². The standard InChI is InChI=1S/C14H17NO3/c1-9-2-5-13(12(6-9)14(16)17)15-7-10-3-4-11(8-15)18-10/h2,5-6,10-11H,3-4,7-8H2,1H3,(H,16,17). The number of carboxylic acids is 1. The highest BCUT2D eigenvalue weighted by Crippen LogP contribution is 2.31. The van der Waals surface area contributed by atoms with E-state index in [1.54, 1.807) is 6.07 Å². The summed E-state index contributed by atoms with van der Waals surface area (Å²) in [7, 11) is 0. The SMILES string of the molecule is Cc1ccc(N2CC3CCC(C2)O3)c(C(=O)O)c1. The molecule has 2 bridgehead atoms. The zero-order valence-electron chi connectivity index (χ0n) is 10.4. The van der Waals surface area contributed by atoms with Gasteiger partial charge in [0.1, 0.15) is 0 Å². The molecule has 4 nitrogen and oxygen atoms in total. The van der Waals surface area contributed by atoms with Crippen LogP contribution in [0.25, 0.3) is 0 Å². The Bertz CT molecular complexity index is 474. The van der Waals surface area contributed by atoms with E-state index >= 15 is 0 Å².